The van der Waals surface area contributed by atoms with Crippen LogP contribution in [-0.2, 0) is 37.9 Å². The summed E-state index contributed by atoms with van der Waals surface area (Å²) in [5.74, 6) is -0.365. The topological polar surface area (TPSA) is 105 Å². The van der Waals surface area contributed by atoms with E-state index in [4.69, 9.17) is 16.3 Å². The number of amides is 2. The molecule has 1 fully saturated rings. The van der Waals surface area contributed by atoms with Crippen LogP contribution in [0.4, 0.5) is 15.8 Å². The van der Waals surface area contributed by atoms with Gasteiger partial charge in [0.05, 0.1) is 23.0 Å². The highest BCUT2D eigenvalue weighted by Gasteiger charge is 2.26. The number of benzene rings is 2. The van der Waals surface area contributed by atoms with E-state index in [2.05, 4.69) is 25.5 Å². The van der Waals surface area contributed by atoms with Gasteiger partial charge in [-0.3, -0.25) is 19.5 Å². The van der Waals surface area contributed by atoms with Gasteiger partial charge in [-0.05, 0) is 55.3 Å². The Kier molecular flexibility index (Phi) is 9.70. The number of rotatable bonds is 9. The molecule has 1 saturated heterocycles. The number of hydrogen-bond acceptors (Lipinski definition) is 7. The molecule has 0 saturated carbocycles. The van der Waals surface area contributed by atoms with Crippen LogP contribution in [0.2, 0.25) is 5.02 Å². The molecule has 2 aromatic heterocycles. The third-order valence-electron chi connectivity index (χ3n) is 8.93. The summed E-state index contributed by atoms with van der Waals surface area (Å²) in [5.41, 5.74) is 7.17. The molecule has 6 rings (SSSR count). The molecular weight excluding hydrogens is 621 g/mol. The number of pyridine rings is 1. The van der Waals surface area contributed by atoms with Crippen molar-refractivity contribution in [2.75, 3.05) is 44.4 Å². The normalized spacial score (nSPS) is 16.7. The van der Waals surface area contributed by atoms with Crippen molar-refractivity contribution in [1.82, 2.24) is 24.3 Å². The van der Waals surface area contributed by atoms with Gasteiger partial charge in [0.15, 0.2) is 5.82 Å². The smallest absolute Gasteiger partial charge is 0.291 e. The molecule has 246 valence electrons. The molecule has 10 nitrogen and oxygen atoms in total. The number of imidazole rings is 1. The molecule has 0 spiro atoms. The molecular formula is C35H39ClFN7O3. The maximum absolute atomic E-state index is 13.7. The van der Waals surface area contributed by atoms with E-state index in [9.17, 15) is 14.0 Å². The predicted molar refractivity (Wildman–Crippen MR) is 181 cm³/mol. The average molecular weight is 660 g/mol. The number of hydrogen-bond donors (Lipinski definition) is 2. The molecule has 47 heavy (non-hydrogen) atoms. The molecule has 0 unspecified atom stereocenters. The van der Waals surface area contributed by atoms with E-state index in [1.165, 1.54) is 0 Å². The second-order valence-electron chi connectivity index (χ2n) is 12.3. The number of fused-ring (bicyclic) bond motifs is 1. The summed E-state index contributed by atoms with van der Waals surface area (Å²) in [6, 6.07) is 13.0. The third-order valence-corrected chi connectivity index (χ3v) is 9.34. The van der Waals surface area contributed by atoms with Crippen molar-refractivity contribution in [3.05, 3.63) is 93.3 Å². The first-order valence-electron chi connectivity index (χ1n) is 15.7. The van der Waals surface area contributed by atoms with Crippen LogP contribution in [0.3, 0.4) is 0 Å². The Morgan fingerprint density at radius 1 is 1.06 bits per heavy atom. The van der Waals surface area contributed by atoms with Gasteiger partial charge in [0, 0.05) is 82.0 Å². The quantitative estimate of drug-likeness (QED) is 0.240. The third kappa shape index (κ3) is 6.94. The molecule has 2 aliphatic heterocycles. The molecule has 2 amide bonds. The number of carbonyl (C=O) groups is 2. The van der Waals surface area contributed by atoms with Crippen LogP contribution in [-0.4, -0.2) is 76.1 Å². The minimum absolute atomic E-state index is 0.209. The van der Waals surface area contributed by atoms with Gasteiger partial charge in [0.1, 0.15) is 11.9 Å². The summed E-state index contributed by atoms with van der Waals surface area (Å²) in [6.45, 7) is 5.40. The zero-order valence-electron chi connectivity index (χ0n) is 27.1. The van der Waals surface area contributed by atoms with Crippen molar-refractivity contribution in [2.24, 2.45) is 7.05 Å². The van der Waals surface area contributed by atoms with Crippen LogP contribution >= 0.6 is 11.6 Å². The Balaban J connectivity index is 1.21. The minimum atomic E-state index is -0.805. The van der Waals surface area contributed by atoms with Crippen molar-refractivity contribution in [2.45, 2.75) is 45.6 Å². The number of halogens is 2. The van der Waals surface area contributed by atoms with Gasteiger partial charge in [-0.25, -0.2) is 9.37 Å². The first-order chi connectivity index (χ1) is 22.6. The van der Waals surface area contributed by atoms with Crippen molar-refractivity contribution < 1.29 is 18.7 Å². The number of nitrogens with one attached hydrogen (secondary N) is 2. The molecule has 4 heterocycles. The van der Waals surface area contributed by atoms with Crippen molar-refractivity contribution >= 4 is 34.8 Å². The number of anilines is 2. The van der Waals surface area contributed by atoms with Gasteiger partial charge >= 0.3 is 0 Å². The lowest BCUT2D eigenvalue weighted by molar-refractivity contribution is 0.100. The highest BCUT2D eigenvalue weighted by Crippen LogP contribution is 2.38. The second-order valence-corrected chi connectivity index (χ2v) is 12.7. The van der Waals surface area contributed by atoms with Crippen LogP contribution < -0.4 is 10.6 Å². The van der Waals surface area contributed by atoms with Gasteiger partial charge in [0.25, 0.3) is 11.8 Å². The number of ether oxygens (including phenoxy) is 1. The Labute approximate surface area is 278 Å². The summed E-state index contributed by atoms with van der Waals surface area (Å²) < 4.78 is 20.9. The lowest BCUT2D eigenvalue weighted by atomic mass is 9.98. The molecule has 0 bridgehead atoms. The lowest BCUT2D eigenvalue weighted by Crippen LogP contribution is -2.27. The molecule has 0 radical (unpaired) electrons. The average Bonchev–Trinajstić information content (AvgIpc) is 3.60. The molecule has 2 N–H and O–H groups in total. The molecule has 2 aromatic carbocycles. The van der Waals surface area contributed by atoms with Crippen molar-refractivity contribution in [1.29, 1.82) is 0 Å². The first kappa shape index (κ1) is 32.8. The van der Waals surface area contributed by atoms with Gasteiger partial charge < -0.3 is 24.8 Å². The summed E-state index contributed by atoms with van der Waals surface area (Å²) >= 11 is 6.92. The fourth-order valence-corrected chi connectivity index (χ4v) is 6.70. The van der Waals surface area contributed by atoms with Crippen molar-refractivity contribution in [3.8, 4) is 11.1 Å². The van der Waals surface area contributed by atoms with E-state index in [1.807, 2.05) is 66.9 Å². The standard InChI is InChI=1S/C35H39ClFN7O3/c1-21-25(26-8-6-10-28(31(26)36)41-35(46)33-39-29-19-42(2)13-12-30(29)43(33)3)7-5-9-27(21)40-34(45)32-23(20-47-4)15-22(16-38-32)17-44-14-11-24(37)18-44/h5-10,15-16,24H,11-14,17-20H2,1-4H3,(H,40,45)(H,41,46)/t24-/m1/s1. The summed E-state index contributed by atoms with van der Waals surface area (Å²) in [6.07, 6.45) is 2.23. The number of aromatic nitrogens is 3. The van der Waals surface area contributed by atoms with Crippen LogP contribution in [0.15, 0.2) is 48.7 Å². The van der Waals surface area contributed by atoms with Crippen LogP contribution in [0.25, 0.3) is 11.1 Å². The minimum Gasteiger partial charge on any atom is -0.380 e. The molecule has 12 heteroatoms. The molecule has 4 aromatic rings. The van der Waals surface area contributed by atoms with Gasteiger partial charge in [-0.1, -0.05) is 35.9 Å². The van der Waals surface area contributed by atoms with E-state index in [0.29, 0.717) is 65.9 Å². The van der Waals surface area contributed by atoms with Gasteiger partial charge in [0.2, 0.25) is 0 Å². The van der Waals surface area contributed by atoms with E-state index in [-0.39, 0.29) is 24.1 Å². The maximum Gasteiger partial charge on any atom is 0.291 e. The van der Waals surface area contributed by atoms with Crippen LogP contribution in [0.1, 0.15) is 55.6 Å². The molecule has 1 atom stereocenters. The highest BCUT2D eigenvalue weighted by atomic mass is 35.5. The Morgan fingerprint density at radius 3 is 2.55 bits per heavy atom. The van der Waals surface area contributed by atoms with Crippen LogP contribution in [0, 0.1) is 6.92 Å². The maximum atomic E-state index is 13.7. The zero-order chi connectivity index (χ0) is 33.2. The number of alkyl halides is 1. The number of methoxy groups -OCH3 is 1. The fraction of sp³-hybridized carbons (Fsp3) is 0.371. The van der Waals surface area contributed by atoms with E-state index in [1.54, 1.807) is 19.4 Å². The van der Waals surface area contributed by atoms with E-state index < -0.39 is 6.17 Å². The molecule has 0 aliphatic carbocycles. The fourth-order valence-electron chi connectivity index (χ4n) is 6.42. The van der Waals surface area contributed by atoms with Crippen LogP contribution in [0.5, 0.6) is 0 Å². The summed E-state index contributed by atoms with van der Waals surface area (Å²) in [5, 5.41) is 6.34. The van der Waals surface area contributed by atoms with E-state index in [0.717, 1.165) is 41.0 Å². The SMILES string of the molecule is COCc1cc(CN2CC[C@@H](F)C2)cnc1C(=O)Nc1cccc(-c2cccc(NC(=O)c3nc4c(n3C)CCN(C)C4)c2Cl)c1C. The van der Waals surface area contributed by atoms with E-state index >= 15 is 0 Å². The Morgan fingerprint density at radius 2 is 1.81 bits per heavy atom. The number of nitrogens with zero attached hydrogens (tertiary/aromatic N) is 5. The number of likely N-dealkylation sites (tertiary alicyclic amines) is 1. The largest absolute Gasteiger partial charge is 0.380 e. The zero-order valence-corrected chi connectivity index (χ0v) is 27.8. The monoisotopic (exact) mass is 659 g/mol. The second kappa shape index (κ2) is 13.9. The number of likely N-dealkylation sites (N-methyl/N-ethyl adjacent to an activating group) is 1. The van der Waals surface area contributed by atoms with Gasteiger partial charge in [-0.15, -0.1) is 0 Å². The van der Waals surface area contributed by atoms with Crippen molar-refractivity contribution in [3.63, 3.8) is 0 Å². The lowest BCUT2D eigenvalue weighted by Gasteiger charge is -2.21. The first-order valence-corrected chi connectivity index (χ1v) is 16.1. The summed E-state index contributed by atoms with van der Waals surface area (Å²) in [7, 11) is 5.48. The highest BCUT2D eigenvalue weighted by molar-refractivity contribution is 6.36. The Bertz CT molecular complexity index is 1830. The number of carbonyl (C=O) groups excluding carboxylic acids is 2. The Hall–Kier alpha value is -4.16. The predicted octanol–water partition coefficient (Wildman–Crippen LogP) is 5.63. The summed E-state index contributed by atoms with van der Waals surface area (Å²) in [4.78, 5) is 40.2. The molecule has 2 aliphatic rings. The van der Waals surface area contributed by atoms with Gasteiger partial charge in [-0.2, -0.15) is 0 Å².